The van der Waals surface area contributed by atoms with Gasteiger partial charge in [-0.05, 0) is 42.5 Å². The Morgan fingerprint density at radius 2 is 1.53 bits per heavy atom. The number of pyridine rings is 1. The molecule has 3 aromatic carbocycles. The second-order valence-electron chi connectivity index (χ2n) is 6.56. The van der Waals surface area contributed by atoms with E-state index in [9.17, 15) is 19.7 Å². The Labute approximate surface area is 170 Å². The van der Waals surface area contributed by atoms with Gasteiger partial charge in [-0.3, -0.25) is 19.7 Å². The van der Waals surface area contributed by atoms with Crippen molar-refractivity contribution in [3.63, 3.8) is 0 Å². The van der Waals surface area contributed by atoms with Crippen LogP contribution in [0.5, 0.6) is 0 Å². The van der Waals surface area contributed by atoms with Crippen LogP contribution in [0.1, 0.15) is 10.4 Å². The summed E-state index contributed by atoms with van der Waals surface area (Å²) >= 11 is 0. The second kappa shape index (κ2) is 7.88. The summed E-state index contributed by atoms with van der Waals surface area (Å²) in [4.78, 5) is 37.8. The number of nitro benzene ring substituents is 1. The molecule has 1 amide bonds. The molecule has 0 spiro atoms. The van der Waals surface area contributed by atoms with Crippen LogP contribution in [0.15, 0.2) is 83.7 Å². The SMILES string of the molecule is O=C(Nc1ccc(Nc2ccccc2)cc1)c1cc(=O)[nH]c2ccc([N+](=O)[O-])cc12. The number of H-pyrrole nitrogens is 1. The summed E-state index contributed by atoms with van der Waals surface area (Å²) < 4.78 is 0. The van der Waals surface area contributed by atoms with Crippen LogP contribution < -0.4 is 16.2 Å². The zero-order chi connectivity index (χ0) is 21.1. The van der Waals surface area contributed by atoms with E-state index in [4.69, 9.17) is 0 Å². The topological polar surface area (TPSA) is 117 Å². The highest BCUT2D eigenvalue weighted by molar-refractivity contribution is 6.12. The molecule has 148 valence electrons. The van der Waals surface area contributed by atoms with E-state index in [1.807, 2.05) is 42.5 Å². The molecule has 0 radical (unpaired) electrons. The molecule has 0 saturated carbocycles. The minimum Gasteiger partial charge on any atom is -0.356 e. The van der Waals surface area contributed by atoms with Crippen molar-refractivity contribution in [2.24, 2.45) is 0 Å². The first-order chi connectivity index (χ1) is 14.5. The van der Waals surface area contributed by atoms with Gasteiger partial charge in [-0.25, -0.2) is 0 Å². The van der Waals surface area contributed by atoms with Crippen LogP contribution in [0, 0.1) is 10.1 Å². The fourth-order valence-corrected chi connectivity index (χ4v) is 3.07. The number of non-ortho nitro benzene ring substituents is 1. The van der Waals surface area contributed by atoms with E-state index >= 15 is 0 Å². The van der Waals surface area contributed by atoms with Crippen LogP contribution in [0.25, 0.3) is 10.9 Å². The molecular formula is C22H16N4O4. The number of nitrogens with zero attached hydrogens (tertiary/aromatic N) is 1. The number of aromatic nitrogens is 1. The first-order valence-corrected chi connectivity index (χ1v) is 9.04. The third-order valence-electron chi connectivity index (χ3n) is 4.49. The molecule has 0 aliphatic rings. The molecule has 0 aliphatic carbocycles. The van der Waals surface area contributed by atoms with Gasteiger partial charge in [0.25, 0.3) is 11.6 Å². The van der Waals surface area contributed by atoms with Crippen molar-refractivity contribution in [3.8, 4) is 0 Å². The van der Waals surface area contributed by atoms with Gasteiger partial charge >= 0.3 is 0 Å². The van der Waals surface area contributed by atoms with Crippen LogP contribution in [0.2, 0.25) is 0 Å². The van der Waals surface area contributed by atoms with E-state index in [-0.39, 0.29) is 11.3 Å². The van der Waals surface area contributed by atoms with E-state index in [2.05, 4.69) is 15.6 Å². The summed E-state index contributed by atoms with van der Waals surface area (Å²) in [5, 5.41) is 17.3. The number of para-hydroxylation sites is 1. The van der Waals surface area contributed by atoms with Crippen LogP contribution in [0.4, 0.5) is 22.7 Å². The van der Waals surface area contributed by atoms with E-state index in [0.717, 1.165) is 17.4 Å². The maximum Gasteiger partial charge on any atom is 0.270 e. The van der Waals surface area contributed by atoms with Crippen molar-refractivity contribution >= 4 is 39.6 Å². The molecule has 0 atom stereocenters. The molecule has 4 aromatic rings. The Kier molecular flexibility index (Phi) is 4.96. The number of rotatable bonds is 5. The summed E-state index contributed by atoms with van der Waals surface area (Å²) in [6, 6.07) is 21.8. The number of hydrogen-bond donors (Lipinski definition) is 3. The number of aromatic amines is 1. The number of benzene rings is 3. The van der Waals surface area contributed by atoms with Gasteiger partial charge in [0.05, 0.1) is 10.5 Å². The molecule has 0 bridgehead atoms. The van der Waals surface area contributed by atoms with Crippen molar-refractivity contribution in [1.29, 1.82) is 0 Å². The Morgan fingerprint density at radius 1 is 0.867 bits per heavy atom. The van der Waals surface area contributed by atoms with Gasteiger partial charge in [0.15, 0.2) is 0 Å². The predicted molar refractivity (Wildman–Crippen MR) is 115 cm³/mol. The Balaban J connectivity index is 1.59. The highest BCUT2D eigenvalue weighted by Crippen LogP contribution is 2.23. The molecule has 8 heteroatoms. The summed E-state index contributed by atoms with van der Waals surface area (Å²) in [7, 11) is 0. The Morgan fingerprint density at radius 3 is 2.23 bits per heavy atom. The van der Waals surface area contributed by atoms with Gasteiger partial charge in [0, 0.05) is 46.2 Å². The smallest absolute Gasteiger partial charge is 0.270 e. The third kappa shape index (κ3) is 4.02. The molecule has 1 heterocycles. The lowest BCUT2D eigenvalue weighted by atomic mass is 10.1. The average molecular weight is 400 g/mol. The van der Waals surface area contributed by atoms with Crippen molar-refractivity contribution in [3.05, 3.63) is 105 Å². The molecule has 0 fully saturated rings. The highest BCUT2D eigenvalue weighted by atomic mass is 16.6. The standard InChI is InChI=1S/C22H16N4O4/c27-21-13-19(18-12-17(26(29)30)10-11-20(18)25-21)22(28)24-16-8-6-15(7-9-16)23-14-4-2-1-3-5-14/h1-13,23H,(H,24,28)(H,25,27). The first-order valence-electron chi connectivity index (χ1n) is 9.04. The monoisotopic (exact) mass is 400 g/mol. The zero-order valence-corrected chi connectivity index (χ0v) is 15.6. The number of fused-ring (bicyclic) bond motifs is 1. The molecule has 8 nitrogen and oxygen atoms in total. The minimum atomic E-state index is -0.551. The lowest BCUT2D eigenvalue weighted by Gasteiger charge is -2.10. The van der Waals surface area contributed by atoms with Crippen LogP contribution >= 0.6 is 0 Å². The number of hydrogen-bond acceptors (Lipinski definition) is 5. The predicted octanol–water partition coefficient (Wildman–Crippen LogP) is 4.43. The summed E-state index contributed by atoms with van der Waals surface area (Å²) in [5.41, 5.74) is 2.08. The van der Waals surface area contributed by atoms with E-state index in [0.29, 0.717) is 16.6 Å². The van der Waals surface area contributed by atoms with Crippen LogP contribution in [-0.4, -0.2) is 15.8 Å². The van der Waals surface area contributed by atoms with Gasteiger partial charge in [-0.2, -0.15) is 0 Å². The van der Waals surface area contributed by atoms with Gasteiger partial charge in [-0.1, -0.05) is 18.2 Å². The zero-order valence-electron chi connectivity index (χ0n) is 15.6. The molecule has 0 aliphatic heterocycles. The second-order valence-corrected chi connectivity index (χ2v) is 6.56. The number of carbonyl (C=O) groups excluding carboxylic acids is 1. The van der Waals surface area contributed by atoms with E-state index in [1.54, 1.807) is 12.1 Å². The van der Waals surface area contributed by atoms with Crippen LogP contribution in [0.3, 0.4) is 0 Å². The molecule has 30 heavy (non-hydrogen) atoms. The highest BCUT2D eigenvalue weighted by Gasteiger charge is 2.15. The van der Waals surface area contributed by atoms with E-state index in [1.165, 1.54) is 18.2 Å². The van der Waals surface area contributed by atoms with Crippen molar-refractivity contribution in [2.75, 3.05) is 10.6 Å². The largest absolute Gasteiger partial charge is 0.356 e. The Hall–Kier alpha value is -4.46. The molecule has 3 N–H and O–H groups in total. The summed E-state index contributed by atoms with van der Waals surface area (Å²) in [5.74, 6) is -0.532. The number of amides is 1. The number of nitrogens with one attached hydrogen (secondary N) is 3. The lowest BCUT2D eigenvalue weighted by Crippen LogP contribution is -2.17. The normalized spacial score (nSPS) is 10.5. The quantitative estimate of drug-likeness (QED) is 0.338. The van der Waals surface area contributed by atoms with Gasteiger partial charge in [-0.15, -0.1) is 0 Å². The lowest BCUT2D eigenvalue weighted by molar-refractivity contribution is -0.384. The fraction of sp³-hybridized carbons (Fsp3) is 0. The number of nitro groups is 1. The molecule has 1 aromatic heterocycles. The van der Waals surface area contributed by atoms with Crippen molar-refractivity contribution in [1.82, 2.24) is 4.98 Å². The van der Waals surface area contributed by atoms with Crippen molar-refractivity contribution in [2.45, 2.75) is 0 Å². The third-order valence-corrected chi connectivity index (χ3v) is 4.49. The minimum absolute atomic E-state index is 0.0592. The first kappa shape index (κ1) is 18.9. The Bertz CT molecular complexity index is 1300. The summed E-state index contributed by atoms with van der Waals surface area (Å²) in [6.07, 6.45) is 0. The van der Waals surface area contributed by atoms with E-state index < -0.39 is 16.4 Å². The van der Waals surface area contributed by atoms with Gasteiger partial charge < -0.3 is 15.6 Å². The van der Waals surface area contributed by atoms with Crippen molar-refractivity contribution < 1.29 is 9.72 Å². The average Bonchev–Trinajstić information content (AvgIpc) is 2.75. The molecule has 0 unspecified atom stereocenters. The maximum atomic E-state index is 12.8. The number of anilines is 3. The summed E-state index contributed by atoms with van der Waals surface area (Å²) in [6.45, 7) is 0. The van der Waals surface area contributed by atoms with Gasteiger partial charge in [0.2, 0.25) is 5.56 Å². The molecule has 0 saturated heterocycles. The number of carbonyl (C=O) groups is 1. The fourth-order valence-electron chi connectivity index (χ4n) is 3.07. The maximum absolute atomic E-state index is 12.8. The van der Waals surface area contributed by atoms with Gasteiger partial charge in [0.1, 0.15) is 0 Å². The molecule has 4 rings (SSSR count). The van der Waals surface area contributed by atoms with Crippen LogP contribution in [-0.2, 0) is 0 Å². The molecular weight excluding hydrogens is 384 g/mol.